The third-order valence-corrected chi connectivity index (χ3v) is 7.59. The van der Waals surface area contributed by atoms with Gasteiger partial charge in [-0.25, -0.2) is 0 Å². The topological polar surface area (TPSA) is 99.2 Å². The Morgan fingerprint density at radius 3 is 2.42 bits per heavy atom. The van der Waals surface area contributed by atoms with Crippen molar-refractivity contribution in [2.24, 2.45) is 0 Å². The minimum Gasteiger partial charge on any atom is -0.361 e. The summed E-state index contributed by atoms with van der Waals surface area (Å²) < 4.78 is 2.12. The van der Waals surface area contributed by atoms with Crippen LogP contribution in [0, 0.1) is 0 Å². The number of aromatic nitrogens is 2. The Hall–Kier alpha value is -4.17. The summed E-state index contributed by atoms with van der Waals surface area (Å²) in [6.45, 7) is 5.49. The molecule has 1 saturated heterocycles. The average Bonchev–Trinajstić information content (AvgIpc) is 3.57. The molecule has 3 amide bonds. The van der Waals surface area contributed by atoms with Crippen LogP contribution in [0.3, 0.4) is 0 Å². The van der Waals surface area contributed by atoms with Crippen molar-refractivity contribution in [3.05, 3.63) is 66.0 Å². The highest BCUT2D eigenvalue weighted by atomic mass is 16.2. The molecule has 3 N–H and O–H groups in total. The molecule has 2 aliphatic heterocycles. The van der Waals surface area contributed by atoms with Gasteiger partial charge in [-0.2, -0.15) is 0 Å². The van der Waals surface area contributed by atoms with Crippen molar-refractivity contribution in [3.8, 4) is 0 Å². The second-order valence-electron chi connectivity index (χ2n) is 10.2. The maximum Gasteiger partial charge on any atom is 0.259 e. The van der Waals surface area contributed by atoms with Gasteiger partial charge < -0.3 is 19.8 Å². The zero-order valence-corrected chi connectivity index (χ0v) is 21.5. The molecule has 38 heavy (non-hydrogen) atoms. The first kappa shape index (κ1) is 24.2. The van der Waals surface area contributed by atoms with Crippen LogP contribution in [0.1, 0.15) is 43.7 Å². The van der Waals surface area contributed by atoms with Crippen LogP contribution in [-0.4, -0.2) is 51.8 Å². The van der Waals surface area contributed by atoms with Crippen molar-refractivity contribution >= 4 is 56.4 Å². The molecule has 0 saturated carbocycles. The van der Waals surface area contributed by atoms with E-state index in [0.717, 1.165) is 54.4 Å². The highest BCUT2D eigenvalue weighted by Gasteiger charge is 2.35. The minimum atomic E-state index is -0.410. The molecular formula is C30H31N5O3. The number of likely N-dealkylation sites (tertiary alicyclic amines) is 1. The molecule has 2 aromatic heterocycles. The van der Waals surface area contributed by atoms with Gasteiger partial charge in [0, 0.05) is 53.3 Å². The molecule has 2 aromatic carbocycles. The van der Waals surface area contributed by atoms with Gasteiger partial charge in [0.05, 0.1) is 22.4 Å². The third kappa shape index (κ3) is 4.31. The summed E-state index contributed by atoms with van der Waals surface area (Å²) in [6.07, 6.45) is 8.50. The van der Waals surface area contributed by atoms with Gasteiger partial charge in [0.1, 0.15) is 0 Å². The molecule has 0 bridgehead atoms. The Labute approximate surface area is 220 Å². The number of amides is 3. The average molecular weight is 510 g/mol. The number of para-hydroxylation sites is 2. The van der Waals surface area contributed by atoms with Crippen molar-refractivity contribution in [1.29, 1.82) is 0 Å². The lowest BCUT2D eigenvalue weighted by atomic mass is 9.95. The molecule has 0 unspecified atom stereocenters. The van der Waals surface area contributed by atoms with E-state index in [9.17, 15) is 14.4 Å². The molecule has 6 rings (SSSR count). The maximum atomic E-state index is 13.3. The summed E-state index contributed by atoms with van der Waals surface area (Å²) in [5.74, 6) is -0.973. The van der Waals surface area contributed by atoms with Crippen molar-refractivity contribution in [2.45, 2.75) is 39.2 Å². The number of aryl methyl sites for hydroxylation is 1. The third-order valence-electron chi connectivity index (χ3n) is 7.59. The molecule has 194 valence electrons. The van der Waals surface area contributed by atoms with Gasteiger partial charge >= 0.3 is 0 Å². The summed E-state index contributed by atoms with van der Waals surface area (Å²) in [7, 11) is 0. The monoisotopic (exact) mass is 509 g/mol. The summed E-state index contributed by atoms with van der Waals surface area (Å²) in [5, 5.41) is 7.19. The zero-order valence-electron chi connectivity index (χ0n) is 21.5. The van der Waals surface area contributed by atoms with Gasteiger partial charge in [0.2, 0.25) is 5.91 Å². The molecule has 8 nitrogen and oxygen atoms in total. The van der Waals surface area contributed by atoms with E-state index in [2.05, 4.69) is 25.1 Å². The largest absolute Gasteiger partial charge is 0.361 e. The number of fused-ring (bicyclic) bond motifs is 2. The Balaban J connectivity index is 1.48. The first-order valence-corrected chi connectivity index (χ1v) is 13.3. The second kappa shape index (κ2) is 9.95. The summed E-state index contributed by atoms with van der Waals surface area (Å²) >= 11 is 0. The number of H-pyrrole nitrogens is 1. The molecule has 0 spiro atoms. The molecule has 2 aliphatic rings. The predicted octanol–water partition coefficient (Wildman–Crippen LogP) is 4.52. The molecule has 4 heterocycles. The van der Waals surface area contributed by atoms with Gasteiger partial charge in [-0.3, -0.25) is 19.7 Å². The fourth-order valence-electron chi connectivity index (χ4n) is 5.92. The number of benzene rings is 2. The number of anilines is 1. The van der Waals surface area contributed by atoms with E-state index in [-0.39, 0.29) is 5.91 Å². The maximum absolute atomic E-state index is 13.3. The number of carbonyl (C=O) groups is 3. The van der Waals surface area contributed by atoms with E-state index in [4.69, 9.17) is 0 Å². The number of carbonyl (C=O) groups excluding carboxylic acids is 3. The number of piperidine rings is 1. The lowest BCUT2D eigenvalue weighted by Crippen LogP contribution is -2.31. The molecule has 0 aliphatic carbocycles. The Morgan fingerprint density at radius 2 is 1.63 bits per heavy atom. The minimum absolute atomic E-state index is 0.160. The van der Waals surface area contributed by atoms with Crippen LogP contribution in [0.4, 0.5) is 5.69 Å². The number of nitrogens with zero attached hydrogens (tertiary/aromatic N) is 2. The number of hydrogen-bond donors (Lipinski definition) is 3. The Kier molecular flexibility index (Phi) is 6.33. The summed E-state index contributed by atoms with van der Waals surface area (Å²) in [4.78, 5) is 44.2. The first-order valence-electron chi connectivity index (χ1n) is 13.3. The van der Waals surface area contributed by atoms with Crippen LogP contribution in [0.25, 0.3) is 33.0 Å². The quantitative estimate of drug-likeness (QED) is 0.319. The Bertz CT molecular complexity index is 1600. The fourth-order valence-corrected chi connectivity index (χ4v) is 5.92. The van der Waals surface area contributed by atoms with Crippen LogP contribution in [-0.2, 0) is 20.9 Å². The molecule has 1 fully saturated rings. The van der Waals surface area contributed by atoms with Crippen LogP contribution >= 0.6 is 0 Å². The molecule has 0 radical (unpaired) electrons. The number of rotatable bonds is 7. The molecule has 0 atom stereocenters. The molecular weight excluding hydrogens is 478 g/mol. The lowest BCUT2D eigenvalue weighted by Gasteiger charge is -2.26. The van der Waals surface area contributed by atoms with Gasteiger partial charge in [-0.15, -0.1) is 0 Å². The van der Waals surface area contributed by atoms with Crippen molar-refractivity contribution in [3.63, 3.8) is 0 Å². The molecule has 8 heteroatoms. The molecule has 4 aromatic rings. The van der Waals surface area contributed by atoms with Gasteiger partial charge in [0.25, 0.3) is 11.8 Å². The number of nitrogens with one attached hydrogen (secondary N) is 3. The van der Waals surface area contributed by atoms with E-state index in [1.807, 2.05) is 48.7 Å². The van der Waals surface area contributed by atoms with Crippen molar-refractivity contribution in [2.75, 3.05) is 25.0 Å². The number of hydrogen-bond acceptors (Lipinski definition) is 4. The highest BCUT2D eigenvalue weighted by Crippen LogP contribution is 2.39. The fraction of sp³-hybridized carbons (Fsp3) is 0.300. The van der Waals surface area contributed by atoms with Crippen LogP contribution in [0.2, 0.25) is 0 Å². The van der Waals surface area contributed by atoms with Crippen LogP contribution in [0.15, 0.2) is 54.9 Å². The first-order chi connectivity index (χ1) is 18.5. The van der Waals surface area contributed by atoms with E-state index in [1.165, 1.54) is 26.2 Å². The van der Waals surface area contributed by atoms with Gasteiger partial charge in [0.15, 0.2) is 0 Å². The van der Waals surface area contributed by atoms with E-state index in [0.29, 0.717) is 28.0 Å². The van der Waals surface area contributed by atoms with Crippen molar-refractivity contribution < 1.29 is 14.4 Å². The van der Waals surface area contributed by atoms with E-state index < -0.39 is 11.8 Å². The van der Waals surface area contributed by atoms with E-state index in [1.54, 1.807) is 6.20 Å². The SMILES string of the molecule is CC(=O)Nc1cccc2c(C3=C(c4c[nH]c5ccccc45)C(=O)NC3=O)cn(CCCN3CCCCC3)c12. The van der Waals surface area contributed by atoms with Crippen LogP contribution in [0.5, 0.6) is 0 Å². The number of aromatic amines is 1. The zero-order chi connectivity index (χ0) is 26.2. The van der Waals surface area contributed by atoms with E-state index >= 15 is 0 Å². The normalized spacial score (nSPS) is 16.6. The predicted molar refractivity (Wildman–Crippen MR) is 149 cm³/mol. The standard InChI is InChI=1S/C30H31N5O3/c1-19(36)32-25-12-7-10-21-23(18-35(28(21)25)16-8-15-34-13-5-2-6-14-34)27-26(29(37)33-30(27)38)22-17-31-24-11-4-3-9-20(22)24/h3-4,7,9-12,17-18,31H,2,5-6,8,13-16H2,1H3,(H,32,36)(H,33,37,38). The summed E-state index contributed by atoms with van der Waals surface area (Å²) in [6, 6.07) is 13.4. The Morgan fingerprint density at radius 1 is 0.895 bits per heavy atom. The number of imide groups is 1. The second-order valence-corrected chi connectivity index (χ2v) is 10.2. The van der Waals surface area contributed by atoms with Crippen molar-refractivity contribution in [1.82, 2.24) is 19.8 Å². The van der Waals surface area contributed by atoms with Gasteiger partial charge in [-0.1, -0.05) is 36.8 Å². The summed E-state index contributed by atoms with van der Waals surface area (Å²) in [5.41, 5.74) is 4.56. The smallest absolute Gasteiger partial charge is 0.259 e. The lowest BCUT2D eigenvalue weighted by molar-refractivity contribution is -0.123. The van der Waals surface area contributed by atoms with Gasteiger partial charge in [-0.05, 0) is 51.0 Å². The van der Waals surface area contributed by atoms with Crippen LogP contribution < -0.4 is 10.6 Å². The highest BCUT2D eigenvalue weighted by molar-refractivity contribution is 6.50.